The first-order chi connectivity index (χ1) is 10.3. The first-order valence-corrected chi connectivity index (χ1v) is 8.87. The Labute approximate surface area is 135 Å². The Morgan fingerprint density at radius 3 is 2.77 bits per heavy atom. The number of allylic oxidation sites excluding steroid dienone is 1. The Kier molecular flexibility index (Phi) is 3.99. The molecule has 2 heteroatoms. The van der Waals surface area contributed by atoms with E-state index in [4.69, 9.17) is 4.74 Å². The Bertz CT molecular complexity index is 514. The van der Waals surface area contributed by atoms with Crippen molar-refractivity contribution in [1.82, 2.24) is 0 Å². The van der Waals surface area contributed by atoms with Gasteiger partial charge in [0.1, 0.15) is 6.61 Å². The van der Waals surface area contributed by atoms with Crippen LogP contribution in [0.1, 0.15) is 65.7 Å². The molecule has 22 heavy (non-hydrogen) atoms. The molecule has 2 fully saturated rings. The number of ether oxygens (including phenoxy) is 1. The van der Waals surface area contributed by atoms with E-state index in [0.717, 1.165) is 18.8 Å². The van der Waals surface area contributed by atoms with Crippen molar-refractivity contribution in [3.8, 4) is 0 Å². The number of cyclic esters (lactones) is 1. The summed E-state index contributed by atoms with van der Waals surface area (Å²) in [6, 6.07) is 0. The molecule has 1 heterocycles. The van der Waals surface area contributed by atoms with Crippen molar-refractivity contribution in [1.29, 1.82) is 0 Å². The van der Waals surface area contributed by atoms with Gasteiger partial charge in [0.15, 0.2) is 0 Å². The molecule has 0 unspecified atom stereocenters. The average Bonchev–Trinajstić information content (AvgIpc) is 2.82. The minimum absolute atomic E-state index is 0.166. The lowest BCUT2D eigenvalue weighted by Crippen LogP contribution is -2.49. The lowest BCUT2D eigenvalue weighted by atomic mass is 9.47. The average molecular weight is 302 g/mol. The Balaban J connectivity index is 1.77. The fourth-order valence-electron chi connectivity index (χ4n) is 5.70. The van der Waals surface area contributed by atoms with Gasteiger partial charge in [0.25, 0.3) is 0 Å². The molecule has 1 aliphatic heterocycles. The summed E-state index contributed by atoms with van der Waals surface area (Å²) < 4.78 is 5.04. The summed E-state index contributed by atoms with van der Waals surface area (Å²) >= 11 is 0. The maximum Gasteiger partial charge on any atom is 0.331 e. The molecule has 3 rings (SSSR count). The minimum Gasteiger partial charge on any atom is -0.458 e. The van der Waals surface area contributed by atoms with Crippen LogP contribution in [-0.2, 0) is 9.53 Å². The normalized spacial score (nSPS) is 37.5. The molecule has 0 spiro atoms. The van der Waals surface area contributed by atoms with Crippen molar-refractivity contribution in [2.45, 2.75) is 65.7 Å². The lowest BCUT2D eigenvalue weighted by Gasteiger charge is -2.58. The Hall–Kier alpha value is -1.05. The molecule has 0 saturated heterocycles. The molecule has 0 radical (unpaired) electrons. The molecule has 3 aliphatic rings. The van der Waals surface area contributed by atoms with Crippen LogP contribution >= 0.6 is 0 Å². The van der Waals surface area contributed by atoms with Gasteiger partial charge in [0.05, 0.1) is 0 Å². The molecule has 2 saturated carbocycles. The van der Waals surface area contributed by atoms with Crippen molar-refractivity contribution in [3.63, 3.8) is 0 Å². The van der Waals surface area contributed by atoms with E-state index in [1.165, 1.54) is 43.3 Å². The molecule has 2 nitrogen and oxygen atoms in total. The maximum atomic E-state index is 11.2. The summed E-state index contributed by atoms with van der Waals surface area (Å²) in [5, 5.41) is 0. The maximum absolute atomic E-state index is 11.2. The van der Waals surface area contributed by atoms with Gasteiger partial charge >= 0.3 is 5.97 Å². The molecule has 0 bridgehead atoms. The summed E-state index contributed by atoms with van der Waals surface area (Å²) in [5.74, 6) is 1.24. The van der Waals surface area contributed by atoms with Crippen LogP contribution in [0.5, 0.6) is 0 Å². The van der Waals surface area contributed by atoms with Crippen LogP contribution < -0.4 is 0 Å². The van der Waals surface area contributed by atoms with Gasteiger partial charge in [-0.05, 0) is 66.8 Å². The van der Waals surface area contributed by atoms with Crippen LogP contribution in [0.2, 0.25) is 0 Å². The van der Waals surface area contributed by atoms with E-state index in [9.17, 15) is 4.79 Å². The molecule has 0 aromatic heterocycles. The highest BCUT2D eigenvalue weighted by atomic mass is 16.5. The van der Waals surface area contributed by atoms with Gasteiger partial charge in [-0.3, -0.25) is 0 Å². The van der Waals surface area contributed by atoms with Crippen LogP contribution in [0.4, 0.5) is 0 Å². The molecule has 0 aromatic carbocycles. The van der Waals surface area contributed by atoms with E-state index in [1.807, 2.05) is 0 Å². The van der Waals surface area contributed by atoms with E-state index >= 15 is 0 Å². The van der Waals surface area contributed by atoms with E-state index < -0.39 is 0 Å². The van der Waals surface area contributed by atoms with Gasteiger partial charge in [-0.15, -0.1) is 0 Å². The second-order valence-corrected chi connectivity index (χ2v) is 8.60. The SMILES string of the molecule is C=C1CC[C@H]2C(C)(C)CCC[C@@]2(C)[C@H]1CCC1=CC(=O)OC1. The summed E-state index contributed by atoms with van der Waals surface area (Å²) in [6.45, 7) is 12.4. The predicted molar refractivity (Wildman–Crippen MR) is 89.4 cm³/mol. The number of fused-ring (bicyclic) bond motifs is 1. The smallest absolute Gasteiger partial charge is 0.331 e. The molecule has 122 valence electrons. The highest BCUT2D eigenvalue weighted by molar-refractivity contribution is 5.85. The molecule has 0 aromatic rings. The van der Waals surface area contributed by atoms with E-state index in [-0.39, 0.29) is 5.97 Å². The fourth-order valence-corrected chi connectivity index (χ4v) is 5.70. The van der Waals surface area contributed by atoms with E-state index in [1.54, 1.807) is 6.08 Å². The lowest BCUT2D eigenvalue weighted by molar-refractivity contribution is -0.134. The van der Waals surface area contributed by atoms with Gasteiger partial charge in [0.2, 0.25) is 0 Å². The minimum atomic E-state index is -0.166. The molecular formula is C20H30O2. The second-order valence-electron chi connectivity index (χ2n) is 8.60. The third kappa shape index (κ3) is 2.66. The van der Waals surface area contributed by atoms with Crippen molar-refractivity contribution < 1.29 is 9.53 Å². The third-order valence-electron chi connectivity index (χ3n) is 6.79. The summed E-state index contributed by atoms with van der Waals surface area (Å²) in [5.41, 5.74) is 3.46. The number of rotatable bonds is 3. The fraction of sp³-hybridized carbons (Fsp3) is 0.750. The highest BCUT2D eigenvalue weighted by Gasteiger charge is 2.52. The number of carbonyl (C=O) groups excluding carboxylic acids is 1. The van der Waals surface area contributed by atoms with Crippen LogP contribution in [0, 0.1) is 22.7 Å². The number of esters is 1. The molecular weight excluding hydrogens is 272 g/mol. The highest BCUT2D eigenvalue weighted by Crippen LogP contribution is 2.61. The van der Waals surface area contributed by atoms with Gasteiger partial charge < -0.3 is 4.74 Å². The van der Waals surface area contributed by atoms with E-state index in [2.05, 4.69) is 27.4 Å². The first kappa shape index (κ1) is 15.8. The zero-order valence-corrected chi connectivity index (χ0v) is 14.4. The van der Waals surface area contributed by atoms with Crippen LogP contribution in [0.25, 0.3) is 0 Å². The molecule has 0 amide bonds. The molecule has 3 atom stereocenters. The summed E-state index contributed by atoms with van der Waals surface area (Å²) in [7, 11) is 0. The van der Waals surface area contributed by atoms with Crippen LogP contribution in [0.3, 0.4) is 0 Å². The van der Waals surface area contributed by atoms with Crippen LogP contribution in [0.15, 0.2) is 23.8 Å². The Morgan fingerprint density at radius 2 is 2.09 bits per heavy atom. The van der Waals surface area contributed by atoms with Crippen molar-refractivity contribution in [2.75, 3.05) is 6.61 Å². The molecule has 0 N–H and O–H groups in total. The van der Waals surface area contributed by atoms with Crippen molar-refractivity contribution in [2.24, 2.45) is 22.7 Å². The standard InChI is InChI=1S/C20H30O2/c1-14-6-9-17-19(2,3)10-5-11-20(17,4)16(14)8-7-15-12-18(21)22-13-15/h12,16-17H,1,5-11,13H2,2-4H3/t16-,17-,20-/m0/s1. The summed E-state index contributed by atoms with van der Waals surface area (Å²) in [4.78, 5) is 11.2. The van der Waals surface area contributed by atoms with Gasteiger partial charge in [-0.1, -0.05) is 39.3 Å². The third-order valence-corrected chi connectivity index (χ3v) is 6.79. The van der Waals surface area contributed by atoms with Crippen LogP contribution in [-0.4, -0.2) is 12.6 Å². The zero-order chi connectivity index (χ0) is 16.0. The first-order valence-electron chi connectivity index (χ1n) is 8.87. The molecule has 2 aliphatic carbocycles. The summed E-state index contributed by atoms with van der Waals surface area (Å²) in [6.07, 6.45) is 10.3. The zero-order valence-electron chi connectivity index (χ0n) is 14.4. The topological polar surface area (TPSA) is 26.3 Å². The Morgan fingerprint density at radius 1 is 1.32 bits per heavy atom. The predicted octanol–water partition coefficient (Wildman–Crippen LogP) is 5.05. The van der Waals surface area contributed by atoms with Crippen molar-refractivity contribution in [3.05, 3.63) is 23.8 Å². The largest absolute Gasteiger partial charge is 0.458 e. The number of hydrogen-bond acceptors (Lipinski definition) is 2. The van der Waals surface area contributed by atoms with Gasteiger partial charge in [0, 0.05) is 6.08 Å². The quantitative estimate of drug-likeness (QED) is 0.539. The number of hydrogen-bond donors (Lipinski definition) is 0. The van der Waals surface area contributed by atoms with Gasteiger partial charge in [-0.25, -0.2) is 4.79 Å². The monoisotopic (exact) mass is 302 g/mol. The van der Waals surface area contributed by atoms with Gasteiger partial charge in [-0.2, -0.15) is 0 Å². The number of carbonyl (C=O) groups is 1. The van der Waals surface area contributed by atoms with E-state index in [0.29, 0.717) is 23.4 Å². The second kappa shape index (κ2) is 5.54. The van der Waals surface area contributed by atoms with Crippen molar-refractivity contribution >= 4 is 5.97 Å².